The molecule has 0 saturated carbocycles. The van der Waals surface area contributed by atoms with Gasteiger partial charge in [0.05, 0.1) is 13.3 Å². The van der Waals surface area contributed by atoms with Crippen molar-refractivity contribution in [2.24, 2.45) is 0 Å². The van der Waals surface area contributed by atoms with E-state index in [-0.39, 0.29) is 0 Å². The Hall–Kier alpha value is -1.81. The number of hydrogen-bond donors (Lipinski definition) is 1. The van der Waals surface area contributed by atoms with Crippen LogP contribution >= 0.6 is 0 Å². The van der Waals surface area contributed by atoms with Gasteiger partial charge in [-0.25, -0.2) is 0 Å². The van der Waals surface area contributed by atoms with Crippen LogP contribution in [-0.2, 0) is 6.54 Å². The monoisotopic (exact) mass is 246 g/mol. The second-order valence-corrected chi connectivity index (χ2v) is 4.28. The van der Waals surface area contributed by atoms with Crippen LogP contribution in [0.25, 0.3) is 0 Å². The third-order valence-electron chi connectivity index (χ3n) is 2.98. The maximum absolute atomic E-state index is 10.4. The number of benzene rings is 1. The third kappa shape index (κ3) is 2.38. The van der Waals surface area contributed by atoms with Crippen LogP contribution in [0.1, 0.15) is 29.7 Å². The first-order valence-electron chi connectivity index (χ1n) is 6.00. The van der Waals surface area contributed by atoms with Crippen LogP contribution in [0.15, 0.2) is 30.6 Å². The van der Waals surface area contributed by atoms with E-state index in [4.69, 9.17) is 4.74 Å². The number of rotatable bonds is 4. The second-order valence-electron chi connectivity index (χ2n) is 4.28. The van der Waals surface area contributed by atoms with Crippen molar-refractivity contribution < 1.29 is 9.84 Å². The number of methoxy groups -OCH3 is 1. The molecule has 0 bridgehead atoms. The normalized spacial score (nSPS) is 12.4. The van der Waals surface area contributed by atoms with Crippen molar-refractivity contribution in [1.82, 2.24) is 9.78 Å². The number of aliphatic hydroxyl groups excluding tert-OH is 1. The average Bonchev–Trinajstić information content (AvgIpc) is 2.86. The molecule has 0 aliphatic heterocycles. The molecule has 1 N–H and O–H groups in total. The van der Waals surface area contributed by atoms with Crippen molar-refractivity contribution in [1.29, 1.82) is 0 Å². The zero-order chi connectivity index (χ0) is 13.1. The molecule has 2 rings (SSSR count). The van der Waals surface area contributed by atoms with Crippen LogP contribution in [0.5, 0.6) is 5.75 Å². The van der Waals surface area contributed by atoms with Gasteiger partial charge >= 0.3 is 0 Å². The van der Waals surface area contributed by atoms with E-state index < -0.39 is 6.10 Å². The molecule has 1 aromatic carbocycles. The number of aryl methyl sites for hydroxylation is 2. The Kier molecular flexibility index (Phi) is 3.67. The van der Waals surface area contributed by atoms with E-state index in [2.05, 4.69) is 5.10 Å². The number of hydrogen-bond acceptors (Lipinski definition) is 3. The van der Waals surface area contributed by atoms with Crippen LogP contribution in [0.4, 0.5) is 0 Å². The SMILES string of the molecule is CCn1cc(C(O)c2ccc(C)cc2OC)cn1. The maximum atomic E-state index is 10.4. The van der Waals surface area contributed by atoms with E-state index in [1.807, 2.05) is 38.2 Å². The van der Waals surface area contributed by atoms with E-state index in [9.17, 15) is 5.11 Å². The van der Waals surface area contributed by atoms with Gasteiger partial charge in [0.2, 0.25) is 0 Å². The van der Waals surface area contributed by atoms with Crippen LogP contribution in [0.2, 0.25) is 0 Å². The molecule has 1 heterocycles. The molecule has 0 saturated heterocycles. The molecular weight excluding hydrogens is 228 g/mol. The number of ether oxygens (including phenoxy) is 1. The number of aromatic nitrogens is 2. The Balaban J connectivity index is 2.35. The van der Waals surface area contributed by atoms with Crippen molar-refractivity contribution >= 4 is 0 Å². The highest BCUT2D eigenvalue weighted by Crippen LogP contribution is 2.30. The van der Waals surface area contributed by atoms with Crippen molar-refractivity contribution in [2.75, 3.05) is 7.11 Å². The van der Waals surface area contributed by atoms with Crippen molar-refractivity contribution in [3.05, 3.63) is 47.3 Å². The maximum Gasteiger partial charge on any atom is 0.125 e. The fraction of sp³-hybridized carbons (Fsp3) is 0.357. The lowest BCUT2D eigenvalue weighted by atomic mass is 10.0. The first-order chi connectivity index (χ1) is 8.65. The largest absolute Gasteiger partial charge is 0.496 e. The molecule has 4 heteroatoms. The molecule has 4 nitrogen and oxygen atoms in total. The lowest BCUT2D eigenvalue weighted by molar-refractivity contribution is 0.214. The zero-order valence-electron chi connectivity index (χ0n) is 10.9. The standard InChI is InChI=1S/C14H18N2O2/c1-4-16-9-11(8-15-16)14(17)12-6-5-10(2)7-13(12)18-3/h5-9,14,17H,4H2,1-3H3. The molecule has 0 aliphatic rings. The van der Waals surface area contributed by atoms with Gasteiger partial charge in [0.1, 0.15) is 11.9 Å². The number of nitrogens with zero attached hydrogens (tertiary/aromatic N) is 2. The molecule has 96 valence electrons. The molecule has 1 aromatic heterocycles. The Morgan fingerprint density at radius 3 is 2.83 bits per heavy atom. The minimum atomic E-state index is -0.708. The summed E-state index contributed by atoms with van der Waals surface area (Å²) in [5, 5.41) is 14.5. The van der Waals surface area contributed by atoms with Crippen molar-refractivity contribution in [3.8, 4) is 5.75 Å². The summed E-state index contributed by atoms with van der Waals surface area (Å²) in [5.74, 6) is 0.701. The summed E-state index contributed by atoms with van der Waals surface area (Å²) in [6.07, 6.45) is 2.83. The van der Waals surface area contributed by atoms with Gasteiger partial charge in [0.25, 0.3) is 0 Å². The van der Waals surface area contributed by atoms with E-state index in [1.54, 1.807) is 18.0 Å². The lowest BCUT2D eigenvalue weighted by Gasteiger charge is -2.14. The summed E-state index contributed by atoms with van der Waals surface area (Å²) in [5.41, 5.74) is 2.64. The molecular formula is C14H18N2O2. The Labute approximate surface area is 107 Å². The van der Waals surface area contributed by atoms with Gasteiger partial charge in [-0.1, -0.05) is 12.1 Å². The van der Waals surface area contributed by atoms with Crippen LogP contribution in [0.3, 0.4) is 0 Å². The van der Waals surface area contributed by atoms with Gasteiger partial charge < -0.3 is 9.84 Å². The van der Waals surface area contributed by atoms with Crippen LogP contribution in [0, 0.1) is 6.92 Å². The smallest absolute Gasteiger partial charge is 0.125 e. The minimum absolute atomic E-state index is 0.701. The molecule has 2 aromatic rings. The highest BCUT2D eigenvalue weighted by Gasteiger charge is 2.16. The predicted octanol–water partition coefficient (Wildman–Crippen LogP) is 2.30. The molecule has 0 spiro atoms. The average molecular weight is 246 g/mol. The van der Waals surface area contributed by atoms with Gasteiger partial charge in [-0.05, 0) is 25.5 Å². The molecule has 0 fully saturated rings. The van der Waals surface area contributed by atoms with Gasteiger partial charge in [-0.3, -0.25) is 4.68 Å². The van der Waals surface area contributed by atoms with Gasteiger partial charge in [-0.15, -0.1) is 0 Å². The van der Waals surface area contributed by atoms with Crippen LogP contribution in [-0.4, -0.2) is 22.0 Å². The van der Waals surface area contributed by atoms with Crippen LogP contribution < -0.4 is 4.74 Å². The van der Waals surface area contributed by atoms with Gasteiger partial charge in [-0.2, -0.15) is 5.10 Å². The molecule has 18 heavy (non-hydrogen) atoms. The van der Waals surface area contributed by atoms with E-state index in [0.29, 0.717) is 5.75 Å². The first-order valence-corrected chi connectivity index (χ1v) is 6.00. The Morgan fingerprint density at radius 2 is 2.22 bits per heavy atom. The summed E-state index contributed by atoms with van der Waals surface area (Å²) < 4.78 is 7.11. The van der Waals surface area contributed by atoms with E-state index in [0.717, 1.165) is 23.2 Å². The molecule has 0 amide bonds. The topological polar surface area (TPSA) is 47.3 Å². The quantitative estimate of drug-likeness (QED) is 0.900. The minimum Gasteiger partial charge on any atom is -0.496 e. The van der Waals surface area contributed by atoms with E-state index in [1.165, 1.54) is 0 Å². The summed E-state index contributed by atoms with van der Waals surface area (Å²) in [6.45, 7) is 4.79. The summed E-state index contributed by atoms with van der Waals surface area (Å²) >= 11 is 0. The second kappa shape index (κ2) is 5.23. The summed E-state index contributed by atoms with van der Waals surface area (Å²) in [6, 6.07) is 5.77. The highest BCUT2D eigenvalue weighted by molar-refractivity contribution is 5.41. The van der Waals surface area contributed by atoms with E-state index >= 15 is 0 Å². The van der Waals surface area contributed by atoms with Gasteiger partial charge in [0, 0.05) is 23.9 Å². The predicted molar refractivity (Wildman–Crippen MR) is 69.7 cm³/mol. The fourth-order valence-electron chi connectivity index (χ4n) is 1.92. The lowest BCUT2D eigenvalue weighted by Crippen LogP contribution is -2.02. The highest BCUT2D eigenvalue weighted by atomic mass is 16.5. The molecule has 1 atom stereocenters. The van der Waals surface area contributed by atoms with Gasteiger partial charge in [0.15, 0.2) is 0 Å². The van der Waals surface area contributed by atoms with Crippen molar-refractivity contribution in [3.63, 3.8) is 0 Å². The third-order valence-corrected chi connectivity index (χ3v) is 2.98. The molecule has 0 radical (unpaired) electrons. The van der Waals surface area contributed by atoms with Crippen molar-refractivity contribution in [2.45, 2.75) is 26.5 Å². The first kappa shape index (κ1) is 12.6. The summed E-state index contributed by atoms with van der Waals surface area (Å²) in [4.78, 5) is 0. The fourth-order valence-corrected chi connectivity index (χ4v) is 1.92. The zero-order valence-corrected chi connectivity index (χ0v) is 10.9. The summed E-state index contributed by atoms with van der Waals surface area (Å²) in [7, 11) is 1.61. The Morgan fingerprint density at radius 1 is 1.44 bits per heavy atom. The molecule has 1 unspecified atom stereocenters. The Bertz CT molecular complexity index is 534. The molecule has 0 aliphatic carbocycles. The number of aliphatic hydroxyl groups is 1.